The number of allylic oxidation sites excluding steroid dienone is 1. The highest BCUT2D eigenvalue weighted by Gasteiger charge is 2.00. The largest absolute Gasteiger partial charge is 0.504 e. The summed E-state index contributed by atoms with van der Waals surface area (Å²) in [7, 11) is 3.10. The summed E-state index contributed by atoms with van der Waals surface area (Å²) in [4.78, 5) is 10.2. The van der Waals surface area contributed by atoms with E-state index >= 15 is 0 Å². The smallest absolute Gasteiger partial charge is 0.328 e. The summed E-state index contributed by atoms with van der Waals surface area (Å²) in [6, 6.07) is 12.6. The van der Waals surface area contributed by atoms with E-state index in [2.05, 4.69) is 6.08 Å². The van der Waals surface area contributed by atoms with Gasteiger partial charge in [0.25, 0.3) is 0 Å². The van der Waals surface area contributed by atoms with Crippen LogP contribution < -0.4 is 9.47 Å². The first-order valence-electron chi connectivity index (χ1n) is 7.55. The van der Waals surface area contributed by atoms with Gasteiger partial charge in [-0.05, 0) is 48.4 Å². The van der Waals surface area contributed by atoms with Crippen molar-refractivity contribution in [2.75, 3.05) is 14.2 Å². The Hall–Kier alpha value is -3.21. The van der Waals surface area contributed by atoms with Gasteiger partial charge in [-0.1, -0.05) is 30.4 Å². The number of hydrogen-bond acceptors (Lipinski definition) is 4. The molecule has 0 fully saturated rings. The zero-order chi connectivity index (χ0) is 18.7. The van der Waals surface area contributed by atoms with Gasteiger partial charge in [0.2, 0.25) is 0 Å². The average molecular weight is 342 g/mol. The van der Waals surface area contributed by atoms with Gasteiger partial charge in [0.05, 0.1) is 14.2 Å². The number of aromatic hydroxyl groups is 1. The Kier molecular flexibility index (Phi) is 8.37. The minimum atomic E-state index is -1.02. The number of phenols is 1. The monoisotopic (exact) mass is 342 g/mol. The Morgan fingerprint density at radius 2 is 1.60 bits per heavy atom. The van der Waals surface area contributed by atoms with E-state index in [0.29, 0.717) is 11.3 Å². The van der Waals surface area contributed by atoms with E-state index in [4.69, 9.17) is 14.6 Å². The molecule has 0 aliphatic rings. The van der Waals surface area contributed by atoms with Crippen LogP contribution in [0.3, 0.4) is 0 Å². The molecule has 0 saturated carbocycles. The quantitative estimate of drug-likeness (QED) is 0.795. The molecule has 0 spiro atoms. The second-order valence-corrected chi connectivity index (χ2v) is 4.88. The maximum atomic E-state index is 10.2. The molecule has 0 amide bonds. The van der Waals surface area contributed by atoms with Crippen LogP contribution in [0, 0.1) is 0 Å². The highest BCUT2D eigenvalue weighted by atomic mass is 16.5. The third kappa shape index (κ3) is 7.26. The molecule has 0 aliphatic carbocycles. The van der Waals surface area contributed by atoms with Gasteiger partial charge in [0.15, 0.2) is 11.5 Å². The van der Waals surface area contributed by atoms with Gasteiger partial charge < -0.3 is 19.7 Å². The Bertz CT molecular complexity index is 730. The lowest BCUT2D eigenvalue weighted by Gasteiger charge is -2.03. The van der Waals surface area contributed by atoms with Crippen molar-refractivity contribution in [2.45, 2.75) is 6.92 Å². The Labute approximate surface area is 147 Å². The first-order chi connectivity index (χ1) is 12.0. The number of carbonyl (C=O) groups is 1. The van der Waals surface area contributed by atoms with Gasteiger partial charge in [0.1, 0.15) is 5.75 Å². The highest BCUT2D eigenvalue weighted by molar-refractivity contribution is 5.85. The van der Waals surface area contributed by atoms with Gasteiger partial charge in [-0.2, -0.15) is 0 Å². The van der Waals surface area contributed by atoms with Crippen molar-refractivity contribution in [1.29, 1.82) is 0 Å². The van der Waals surface area contributed by atoms with Crippen molar-refractivity contribution >= 4 is 18.1 Å². The summed E-state index contributed by atoms with van der Waals surface area (Å²) in [5, 5.41) is 17.6. The van der Waals surface area contributed by atoms with Gasteiger partial charge in [-0.15, -0.1) is 0 Å². The Balaban J connectivity index is 0.000000257. The van der Waals surface area contributed by atoms with Crippen LogP contribution in [0.4, 0.5) is 0 Å². The number of ether oxygens (including phenoxy) is 2. The van der Waals surface area contributed by atoms with Crippen LogP contribution >= 0.6 is 0 Å². The first kappa shape index (κ1) is 19.8. The van der Waals surface area contributed by atoms with Crippen LogP contribution in [0.2, 0.25) is 0 Å². The molecule has 2 rings (SSSR count). The third-order valence-corrected chi connectivity index (χ3v) is 3.10. The topological polar surface area (TPSA) is 76.0 Å². The fraction of sp³-hybridized carbons (Fsp3) is 0.150. The molecule has 132 valence electrons. The molecule has 2 aromatic rings. The van der Waals surface area contributed by atoms with Crippen molar-refractivity contribution in [2.24, 2.45) is 0 Å². The van der Waals surface area contributed by atoms with Crippen LogP contribution in [-0.2, 0) is 4.79 Å². The van der Waals surface area contributed by atoms with Crippen molar-refractivity contribution in [3.05, 3.63) is 65.7 Å². The highest BCUT2D eigenvalue weighted by Crippen LogP contribution is 2.26. The zero-order valence-electron chi connectivity index (χ0n) is 14.5. The molecule has 0 aliphatic heterocycles. The molecule has 0 saturated heterocycles. The minimum Gasteiger partial charge on any atom is -0.504 e. The molecule has 0 aromatic heterocycles. The third-order valence-electron chi connectivity index (χ3n) is 3.10. The van der Waals surface area contributed by atoms with E-state index in [-0.39, 0.29) is 5.75 Å². The van der Waals surface area contributed by atoms with E-state index in [9.17, 15) is 9.90 Å². The van der Waals surface area contributed by atoms with Gasteiger partial charge in [-0.25, -0.2) is 4.79 Å². The molecule has 5 nitrogen and oxygen atoms in total. The Morgan fingerprint density at radius 3 is 2.12 bits per heavy atom. The number of benzene rings is 2. The standard InChI is InChI=1S/C10H10O4.C10H12O/c1-14-9-6-7(2-4-8(9)11)3-5-10(12)13;1-3-4-9-5-7-10(11-2)8-6-9/h2-6,11H,1H3,(H,12,13);3-8H,1-2H3/b5-3+;4-3+. The number of methoxy groups -OCH3 is 2. The normalized spacial score (nSPS) is 10.4. The lowest BCUT2D eigenvalue weighted by atomic mass is 10.2. The molecule has 0 heterocycles. The number of carboxylic acid groups (broad SMARTS) is 1. The molecule has 0 atom stereocenters. The van der Waals surface area contributed by atoms with Crippen LogP contribution in [0.5, 0.6) is 17.2 Å². The van der Waals surface area contributed by atoms with Crippen LogP contribution in [-0.4, -0.2) is 30.4 Å². The van der Waals surface area contributed by atoms with Crippen LogP contribution in [0.15, 0.2) is 54.6 Å². The van der Waals surface area contributed by atoms with Crippen molar-refractivity contribution in [3.63, 3.8) is 0 Å². The number of phenolic OH excluding ortho intramolecular Hbond substituents is 1. The van der Waals surface area contributed by atoms with Gasteiger partial charge in [-0.3, -0.25) is 0 Å². The summed E-state index contributed by atoms with van der Waals surface area (Å²) in [5.41, 5.74) is 1.86. The summed E-state index contributed by atoms with van der Waals surface area (Å²) in [6.45, 7) is 2.00. The Morgan fingerprint density at radius 1 is 0.960 bits per heavy atom. The summed E-state index contributed by atoms with van der Waals surface area (Å²) in [5.74, 6) is 0.229. The van der Waals surface area contributed by atoms with Crippen molar-refractivity contribution < 1.29 is 24.5 Å². The maximum Gasteiger partial charge on any atom is 0.328 e. The van der Waals surface area contributed by atoms with Crippen LogP contribution in [0.1, 0.15) is 18.1 Å². The number of aliphatic carboxylic acids is 1. The lowest BCUT2D eigenvalue weighted by Crippen LogP contribution is -1.87. The van der Waals surface area contributed by atoms with E-state index < -0.39 is 5.97 Å². The number of rotatable bonds is 5. The molecule has 2 aromatic carbocycles. The predicted octanol–water partition coefficient (Wildman–Crippen LogP) is 4.23. The lowest BCUT2D eigenvalue weighted by molar-refractivity contribution is -0.131. The molecule has 0 radical (unpaired) electrons. The summed E-state index contributed by atoms with van der Waals surface area (Å²) >= 11 is 0. The van der Waals surface area contributed by atoms with Crippen LogP contribution in [0.25, 0.3) is 12.2 Å². The molecule has 0 bridgehead atoms. The number of carboxylic acids is 1. The SMILES string of the molecule is C/C=C/c1ccc(OC)cc1.COc1cc(/C=C/C(=O)O)ccc1O. The predicted molar refractivity (Wildman–Crippen MR) is 99.0 cm³/mol. The van der Waals surface area contributed by atoms with Gasteiger partial charge in [0, 0.05) is 6.08 Å². The second kappa shape index (κ2) is 10.5. The van der Waals surface area contributed by atoms with Crippen molar-refractivity contribution in [1.82, 2.24) is 0 Å². The van der Waals surface area contributed by atoms with E-state index in [1.807, 2.05) is 37.3 Å². The second-order valence-electron chi connectivity index (χ2n) is 4.88. The van der Waals surface area contributed by atoms with Gasteiger partial charge >= 0.3 is 5.97 Å². The minimum absolute atomic E-state index is 0.0278. The molecular weight excluding hydrogens is 320 g/mol. The molecule has 0 unspecified atom stereocenters. The molecule has 5 heteroatoms. The van der Waals surface area contributed by atoms with E-state index in [1.165, 1.54) is 24.8 Å². The van der Waals surface area contributed by atoms with Crippen molar-refractivity contribution in [3.8, 4) is 17.2 Å². The molecule has 25 heavy (non-hydrogen) atoms. The molecule has 2 N–H and O–H groups in total. The number of hydrogen-bond donors (Lipinski definition) is 2. The molecular formula is C20H22O5. The first-order valence-corrected chi connectivity index (χ1v) is 7.55. The fourth-order valence-corrected chi connectivity index (χ4v) is 1.87. The summed E-state index contributed by atoms with van der Waals surface area (Å²) in [6.07, 6.45) is 6.51. The summed E-state index contributed by atoms with van der Waals surface area (Å²) < 4.78 is 9.88. The van der Waals surface area contributed by atoms with E-state index in [0.717, 1.165) is 11.8 Å². The fourth-order valence-electron chi connectivity index (χ4n) is 1.87. The van der Waals surface area contributed by atoms with E-state index in [1.54, 1.807) is 19.2 Å². The average Bonchev–Trinajstić information content (AvgIpc) is 2.62. The maximum absolute atomic E-state index is 10.2. The zero-order valence-corrected chi connectivity index (χ0v) is 14.5.